The molecule has 3 rings (SSSR count). The van der Waals surface area contributed by atoms with Crippen LogP contribution >= 0.6 is 27.7 Å². The molecule has 6 heteroatoms. The van der Waals surface area contributed by atoms with E-state index in [4.69, 9.17) is 0 Å². The maximum atomic E-state index is 12.3. The molecule has 150 valence electrons. The Balaban J connectivity index is 1.61. The van der Waals surface area contributed by atoms with Gasteiger partial charge >= 0.3 is 0 Å². The van der Waals surface area contributed by atoms with Gasteiger partial charge in [-0.05, 0) is 50.6 Å². The number of halogens is 1. The summed E-state index contributed by atoms with van der Waals surface area (Å²) in [6.45, 7) is 6.01. The van der Waals surface area contributed by atoms with Crippen molar-refractivity contribution in [2.24, 2.45) is 5.10 Å². The van der Waals surface area contributed by atoms with Crippen LogP contribution in [0.1, 0.15) is 29.4 Å². The summed E-state index contributed by atoms with van der Waals surface area (Å²) in [7, 11) is 0. The summed E-state index contributed by atoms with van der Waals surface area (Å²) < 4.78 is 3.21. The number of hydrazone groups is 1. The Morgan fingerprint density at radius 3 is 2.66 bits per heavy atom. The van der Waals surface area contributed by atoms with Crippen molar-refractivity contribution < 1.29 is 4.79 Å². The van der Waals surface area contributed by atoms with Crippen molar-refractivity contribution in [1.82, 2.24) is 9.99 Å². The van der Waals surface area contributed by atoms with Gasteiger partial charge < -0.3 is 4.57 Å². The fraction of sp³-hybridized carbons (Fsp3) is 0.217. The molecule has 0 fully saturated rings. The Hall–Kier alpha value is -2.31. The van der Waals surface area contributed by atoms with Crippen molar-refractivity contribution in [2.45, 2.75) is 31.8 Å². The van der Waals surface area contributed by atoms with Crippen LogP contribution in [0.3, 0.4) is 0 Å². The fourth-order valence-corrected chi connectivity index (χ4v) is 4.28. The molecule has 0 radical (unpaired) electrons. The van der Waals surface area contributed by atoms with Crippen molar-refractivity contribution in [3.05, 3.63) is 87.7 Å². The second kappa shape index (κ2) is 9.94. The van der Waals surface area contributed by atoms with Crippen LogP contribution < -0.4 is 5.43 Å². The third kappa shape index (κ3) is 5.61. The molecule has 1 aromatic heterocycles. The largest absolute Gasteiger partial charge is 0.318 e. The van der Waals surface area contributed by atoms with E-state index in [0.29, 0.717) is 0 Å². The van der Waals surface area contributed by atoms with Crippen LogP contribution in [-0.2, 0) is 10.5 Å². The zero-order valence-electron chi connectivity index (χ0n) is 16.7. The highest BCUT2D eigenvalue weighted by molar-refractivity contribution is 9.10. The molecule has 1 heterocycles. The highest BCUT2D eigenvalue weighted by atomic mass is 79.9. The molecule has 0 spiro atoms. The van der Waals surface area contributed by atoms with Gasteiger partial charge in [0.15, 0.2) is 0 Å². The van der Waals surface area contributed by atoms with Crippen LogP contribution in [0.2, 0.25) is 0 Å². The molecular weight excluding hydrogens is 446 g/mol. The number of carbonyl (C=O) groups excluding carboxylic acids is 1. The number of nitrogens with one attached hydrogen (secondary N) is 1. The van der Waals surface area contributed by atoms with Crippen LogP contribution in [0.5, 0.6) is 0 Å². The summed E-state index contributed by atoms with van der Waals surface area (Å²) in [5.74, 6) is 0.704. The quantitative estimate of drug-likeness (QED) is 0.360. The van der Waals surface area contributed by atoms with E-state index in [1.54, 1.807) is 18.0 Å². The van der Waals surface area contributed by atoms with E-state index in [1.807, 2.05) is 37.3 Å². The predicted octanol–water partition coefficient (Wildman–Crippen LogP) is 5.63. The summed E-state index contributed by atoms with van der Waals surface area (Å²) in [5.41, 5.74) is 8.13. The van der Waals surface area contributed by atoms with Gasteiger partial charge in [-0.15, -0.1) is 11.8 Å². The Morgan fingerprint density at radius 2 is 1.93 bits per heavy atom. The van der Waals surface area contributed by atoms with Crippen molar-refractivity contribution >= 4 is 39.8 Å². The molecule has 0 aliphatic heterocycles. The van der Waals surface area contributed by atoms with Gasteiger partial charge in [0.1, 0.15) is 0 Å². The number of thioether (sulfide) groups is 1. The van der Waals surface area contributed by atoms with Crippen molar-refractivity contribution in [1.29, 1.82) is 0 Å². The maximum absolute atomic E-state index is 12.3. The van der Waals surface area contributed by atoms with E-state index in [9.17, 15) is 4.79 Å². The van der Waals surface area contributed by atoms with Gasteiger partial charge in [-0.1, -0.05) is 52.3 Å². The van der Waals surface area contributed by atoms with Gasteiger partial charge in [0.2, 0.25) is 0 Å². The number of aryl methyl sites for hydroxylation is 1. The normalized spacial score (nSPS) is 12.3. The predicted molar refractivity (Wildman–Crippen MR) is 126 cm³/mol. The molecule has 3 aromatic rings. The minimum atomic E-state index is -0.179. The summed E-state index contributed by atoms with van der Waals surface area (Å²) in [5, 5.41) is 4.00. The number of nitrogens with zero attached hydrogens (tertiary/aromatic N) is 2. The van der Waals surface area contributed by atoms with Crippen LogP contribution in [0.4, 0.5) is 0 Å². The zero-order valence-corrected chi connectivity index (χ0v) is 19.1. The number of benzene rings is 2. The lowest BCUT2D eigenvalue weighted by Gasteiger charge is -2.10. The molecule has 1 N–H and O–H groups in total. The molecule has 1 amide bonds. The molecule has 4 nitrogen and oxygen atoms in total. The summed E-state index contributed by atoms with van der Waals surface area (Å²) in [4.78, 5) is 12.3. The van der Waals surface area contributed by atoms with E-state index in [2.05, 4.69) is 75.2 Å². The molecule has 0 unspecified atom stereocenters. The molecule has 1 atom stereocenters. The van der Waals surface area contributed by atoms with E-state index in [-0.39, 0.29) is 11.2 Å². The monoisotopic (exact) mass is 469 g/mol. The second-order valence-electron chi connectivity index (χ2n) is 6.81. The first-order valence-electron chi connectivity index (χ1n) is 9.39. The second-order valence-corrected chi connectivity index (χ2v) is 9.06. The standard InChI is InChI=1S/C23H24BrN3OS/c1-16-12-20(17(2)27(16)22-11-7-10-21(24)13-22)14-25-26-23(28)18(3)29-15-19-8-5-4-6-9-19/h4-14,18H,15H2,1-3H3,(H,26,28)/b25-14-/t18-/m0/s1. The van der Waals surface area contributed by atoms with Gasteiger partial charge in [0.05, 0.1) is 11.5 Å². The lowest BCUT2D eigenvalue weighted by Crippen LogP contribution is -2.27. The highest BCUT2D eigenvalue weighted by Crippen LogP contribution is 2.22. The third-order valence-corrected chi connectivity index (χ3v) is 6.33. The Kier molecular flexibility index (Phi) is 7.34. The Bertz CT molecular complexity index is 1010. The van der Waals surface area contributed by atoms with E-state index in [1.165, 1.54) is 5.56 Å². The topological polar surface area (TPSA) is 46.4 Å². The number of hydrogen-bond acceptors (Lipinski definition) is 3. The van der Waals surface area contributed by atoms with E-state index >= 15 is 0 Å². The zero-order chi connectivity index (χ0) is 20.8. The number of hydrogen-bond donors (Lipinski definition) is 1. The SMILES string of the molecule is Cc1cc(/C=N\NC(=O)[C@H](C)SCc2ccccc2)c(C)n1-c1cccc(Br)c1. The van der Waals surface area contributed by atoms with Crippen molar-refractivity contribution in [3.8, 4) is 5.69 Å². The summed E-state index contributed by atoms with van der Waals surface area (Å²) in [6, 6.07) is 20.4. The van der Waals surface area contributed by atoms with Gasteiger partial charge in [0, 0.05) is 32.9 Å². The smallest absolute Gasteiger partial charge is 0.252 e. The third-order valence-electron chi connectivity index (χ3n) is 4.63. The van der Waals surface area contributed by atoms with Gasteiger partial charge in [0.25, 0.3) is 5.91 Å². The molecule has 0 aliphatic carbocycles. The van der Waals surface area contributed by atoms with E-state index in [0.717, 1.165) is 32.9 Å². The number of aromatic nitrogens is 1. The lowest BCUT2D eigenvalue weighted by atomic mass is 10.2. The molecule has 0 saturated heterocycles. The average molecular weight is 470 g/mol. The average Bonchev–Trinajstić information content (AvgIpc) is 3.00. The van der Waals surface area contributed by atoms with Crippen LogP contribution in [0.15, 0.2) is 70.2 Å². The van der Waals surface area contributed by atoms with Crippen LogP contribution in [0, 0.1) is 13.8 Å². The molecule has 0 saturated carbocycles. The fourth-order valence-electron chi connectivity index (χ4n) is 3.06. The number of carbonyl (C=O) groups is 1. The first kappa shape index (κ1) is 21.4. The molecule has 0 bridgehead atoms. The molecule has 0 aliphatic rings. The Labute approximate surface area is 184 Å². The minimum absolute atomic E-state index is 0.0945. The van der Waals surface area contributed by atoms with E-state index < -0.39 is 0 Å². The summed E-state index contributed by atoms with van der Waals surface area (Å²) >= 11 is 5.12. The van der Waals surface area contributed by atoms with Crippen LogP contribution in [0.25, 0.3) is 5.69 Å². The molecule has 29 heavy (non-hydrogen) atoms. The van der Waals surface area contributed by atoms with Gasteiger partial charge in [-0.3, -0.25) is 4.79 Å². The molecule has 2 aromatic carbocycles. The van der Waals surface area contributed by atoms with Crippen molar-refractivity contribution in [3.63, 3.8) is 0 Å². The minimum Gasteiger partial charge on any atom is -0.318 e. The van der Waals surface area contributed by atoms with Crippen molar-refractivity contribution in [2.75, 3.05) is 0 Å². The molecular formula is C23H24BrN3OS. The van der Waals surface area contributed by atoms with Gasteiger partial charge in [-0.25, -0.2) is 5.43 Å². The number of amides is 1. The van der Waals surface area contributed by atoms with Crippen LogP contribution in [-0.4, -0.2) is 21.9 Å². The van der Waals surface area contributed by atoms with Gasteiger partial charge in [-0.2, -0.15) is 5.10 Å². The highest BCUT2D eigenvalue weighted by Gasteiger charge is 2.13. The lowest BCUT2D eigenvalue weighted by molar-refractivity contribution is -0.120. The maximum Gasteiger partial charge on any atom is 0.252 e. The summed E-state index contributed by atoms with van der Waals surface area (Å²) in [6.07, 6.45) is 1.71. The first-order chi connectivity index (χ1) is 14.0. The Morgan fingerprint density at radius 1 is 1.17 bits per heavy atom. The first-order valence-corrected chi connectivity index (χ1v) is 11.2. The number of rotatable bonds is 7.